The van der Waals surface area contributed by atoms with Crippen LogP contribution in [0.25, 0.3) is 3.59 Å². The number of carbonyl (C=O) groups excluding carboxylic acids is 1. The maximum absolute atomic E-state index is 13.3. The Morgan fingerprint density at radius 2 is 0.860 bits per heavy atom. The summed E-state index contributed by atoms with van der Waals surface area (Å²) in [5, 5.41) is 4.54. The molecule has 0 unspecified atom stereocenters. The fourth-order valence-corrected chi connectivity index (χ4v) is 85.0. The van der Waals surface area contributed by atoms with Crippen molar-refractivity contribution in [2.24, 2.45) is 0 Å². The van der Waals surface area contributed by atoms with E-state index in [9.17, 15) is 4.79 Å². The molecule has 0 heterocycles. The van der Waals surface area contributed by atoms with Crippen LogP contribution in [0.2, 0.25) is 51.5 Å². The van der Waals surface area contributed by atoms with E-state index in [1.165, 1.54) is 44.0 Å². The summed E-state index contributed by atoms with van der Waals surface area (Å²) in [5.41, 5.74) is 1.22. The Labute approximate surface area is 267 Å². The number of benzene rings is 4. The van der Waals surface area contributed by atoms with Crippen LogP contribution in [0.4, 0.5) is 0 Å². The molecule has 0 fully saturated rings. The molecule has 0 bridgehead atoms. The Kier molecular flexibility index (Phi) is 11.0. The summed E-state index contributed by atoms with van der Waals surface area (Å²) < 4.78 is 10.5. The normalized spacial score (nSPS) is 13.0. The molecule has 6 heteroatoms. The first-order valence-corrected chi connectivity index (χ1v) is 32.5. The van der Waals surface area contributed by atoms with Crippen LogP contribution in [0.15, 0.2) is 127 Å². The summed E-state index contributed by atoms with van der Waals surface area (Å²) in [6, 6.07) is 44.6. The SMILES string of the molecule is COC(=O)/C=[C](\c1ccccc1)[Sn]([CH2][Si](C)(C)c1ccccc1)([CH2][Si](C)(C)c1ccccc1)[CH2][Si](C)(C)c1ccccc1. The molecule has 0 amide bonds. The average Bonchev–Trinajstić information content (AvgIpc) is 3.00. The van der Waals surface area contributed by atoms with Gasteiger partial charge in [-0.05, 0) is 0 Å². The van der Waals surface area contributed by atoms with Crippen LogP contribution in [0.1, 0.15) is 5.56 Å². The van der Waals surface area contributed by atoms with Crippen molar-refractivity contribution in [3.05, 3.63) is 133 Å². The van der Waals surface area contributed by atoms with Crippen molar-refractivity contribution < 1.29 is 9.53 Å². The van der Waals surface area contributed by atoms with Gasteiger partial charge in [-0.15, -0.1) is 0 Å². The molecule has 0 radical (unpaired) electrons. The topological polar surface area (TPSA) is 26.3 Å². The van der Waals surface area contributed by atoms with Crippen LogP contribution >= 0.6 is 0 Å². The Morgan fingerprint density at radius 3 is 1.16 bits per heavy atom. The Hall–Kier alpha value is -2.46. The van der Waals surface area contributed by atoms with Gasteiger partial charge in [-0.25, -0.2) is 0 Å². The molecule has 43 heavy (non-hydrogen) atoms. The number of methoxy groups -OCH3 is 1. The average molecular weight is 728 g/mol. The van der Waals surface area contributed by atoms with Crippen molar-refractivity contribution in [3.8, 4) is 0 Å². The zero-order valence-electron chi connectivity index (χ0n) is 27.1. The van der Waals surface area contributed by atoms with Crippen LogP contribution in [0.5, 0.6) is 0 Å². The van der Waals surface area contributed by atoms with Gasteiger partial charge in [0.1, 0.15) is 0 Å². The third kappa shape index (κ3) is 8.38. The van der Waals surface area contributed by atoms with E-state index in [0.717, 1.165) is 0 Å². The number of carbonyl (C=O) groups is 1. The fraction of sp³-hybridized carbons (Fsp3) is 0.270. The predicted octanol–water partition coefficient (Wildman–Crippen LogP) is 7.70. The van der Waals surface area contributed by atoms with Gasteiger partial charge in [0, 0.05) is 0 Å². The van der Waals surface area contributed by atoms with E-state index in [2.05, 4.69) is 161 Å². The van der Waals surface area contributed by atoms with Gasteiger partial charge in [-0.1, -0.05) is 0 Å². The summed E-state index contributed by atoms with van der Waals surface area (Å²) >= 11 is -3.59. The second-order valence-electron chi connectivity index (χ2n) is 14.0. The second kappa shape index (κ2) is 14.1. The molecule has 2 nitrogen and oxygen atoms in total. The maximum atomic E-state index is 13.3. The summed E-state index contributed by atoms with van der Waals surface area (Å²) in [6.07, 6.45) is 1.94. The molecule has 4 aromatic carbocycles. The van der Waals surface area contributed by atoms with Crippen LogP contribution < -0.4 is 15.6 Å². The summed E-state index contributed by atoms with van der Waals surface area (Å²) in [7, 11) is -4.26. The number of esters is 1. The van der Waals surface area contributed by atoms with Crippen molar-refractivity contribution in [1.29, 1.82) is 0 Å². The molecule has 0 aliphatic carbocycles. The van der Waals surface area contributed by atoms with Crippen LogP contribution in [-0.4, -0.2) is 55.7 Å². The number of rotatable bonds is 12. The van der Waals surface area contributed by atoms with Crippen molar-refractivity contribution in [2.75, 3.05) is 7.11 Å². The molecule has 0 aliphatic heterocycles. The second-order valence-corrected chi connectivity index (χ2v) is 46.0. The number of hydrogen-bond acceptors (Lipinski definition) is 2. The molecule has 0 aromatic heterocycles. The molecule has 4 rings (SSSR count). The molecule has 0 saturated carbocycles. The molecular formula is C37H48O2Si3Sn. The molecule has 0 spiro atoms. The minimum absolute atomic E-state index is 0.225. The van der Waals surface area contributed by atoms with Crippen LogP contribution in [0, 0.1) is 0 Å². The van der Waals surface area contributed by atoms with Gasteiger partial charge in [0.05, 0.1) is 0 Å². The van der Waals surface area contributed by atoms with Gasteiger partial charge in [0.25, 0.3) is 0 Å². The van der Waals surface area contributed by atoms with Gasteiger partial charge in [-0.3, -0.25) is 0 Å². The van der Waals surface area contributed by atoms with E-state index >= 15 is 0 Å². The molecule has 0 saturated heterocycles. The van der Waals surface area contributed by atoms with E-state index in [-0.39, 0.29) is 5.97 Å². The zero-order valence-corrected chi connectivity index (χ0v) is 32.9. The van der Waals surface area contributed by atoms with Gasteiger partial charge >= 0.3 is 269 Å². The van der Waals surface area contributed by atoms with Crippen LogP contribution in [-0.2, 0) is 9.53 Å². The van der Waals surface area contributed by atoms with E-state index in [4.69, 9.17) is 4.74 Å². The minimum atomic E-state index is -3.59. The Morgan fingerprint density at radius 1 is 0.558 bits per heavy atom. The Bertz CT molecular complexity index is 1370. The van der Waals surface area contributed by atoms with Gasteiger partial charge in [0.15, 0.2) is 0 Å². The molecule has 0 N–H and O–H groups in total. The first-order chi connectivity index (χ1) is 20.4. The van der Waals surface area contributed by atoms with Crippen molar-refractivity contribution in [1.82, 2.24) is 0 Å². The van der Waals surface area contributed by atoms with Crippen molar-refractivity contribution in [2.45, 2.75) is 51.5 Å². The van der Waals surface area contributed by atoms with Crippen LogP contribution in [0.3, 0.4) is 0 Å². The standard InChI is InChI=1S/C10H9O2.3C9H13Si.Sn/c1-12-10(11)8-7-9-5-3-2-4-6-9;3*1-10(2,3)9-7-5-4-6-8-9;/h2-6,8H,1H3;3*4-8H,1H2,2-3H3;. The third-order valence-electron chi connectivity index (χ3n) is 9.13. The Balaban J connectivity index is 2.04. The van der Waals surface area contributed by atoms with E-state index in [1.807, 2.05) is 6.08 Å². The number of hydrogen-bond donors (Lipinski definition) is 0. The number of ether oxygens (including phenoxy) is 1. The summed E-state index contributed by atoms with van der Waals surface area (Å²) in [5.74, 6) is -0.225. The summed E-state index contributed by atoms with van der Waals surface area (Å²) in [4.78, 5) is 13.3. The van der Waals surface area contributed by atoms with Gasteiger partial charge in [0.2, 0.25) is 0 Å². The van der Waals surface area contributed by atoms with Gasteiger partial charge < -0.3 is 0 Å². The quantitative estimate of drug-likeness (QED) is 0.0851. The monoisotopic (exact) mass is 728 g/mol. The fourth-order valence-electron chi connectivity index (χ4n) is 7.32. The summed E-state index contributed by atoms with van der Waals surface area (Å²) in [6.45, 7) is 15.4. The molecule has 224 valence electrons. The van der Waals surface area contributed by atoms with E-state index < -0.39 is 42.6 Å². The molecule has 4 aromatic rings. The third-order valence-corrected chi connectivity index (χ3v) is 64.1. The zero-order chi connectivity index (χ0) is 31.1. The molecule has 0 aliphatic rings. The molecule has 0 atom stereocenters. The first kappa shape index (κ1) is 33.4. The first-order valence-electron chi connectivity index (χ1n) is 15.4. The van der Waals surface area contributed by atoms with E-state index in [0.29, 0.717) is 0 Å². The van der Waals surface area contributed by atoms with Crippen molar-refractivity contribution in [3.63, 3.8) is 0 Å². The van der Waals surface area contributed by atoms with Crippen molar-refractivity contribution >= 4 is 67.7 Å². The van der Waals surface area contributed by atoms with E-state index in [1.54, 1.807) is 0 Å². The molecular weight excluding hydrogens is 679 g/mol. The predicted molar refractivity (Wildman–Crippen MR) is 197 cm³/mol. The van der Waals surface area contributed by atoms with Gasteiger partial charge in [-0.2, -0.15) is 0 Å².